The number of rotatable bonds is 9. The van der Waals surface area contributed by atoms with Crippen LogP contribution in [0.25, 0.3) is 0 Å². The number of likely N-dealkylation sites (N-methyl/N-ethyl adjacent to an activating group) is 1. The van der Waals surface area contributed by atoms with Crippen LogP contribution in [0.5, 0.6) is 0 Å². The lowest BCUT2D eigenvalue weighted by molar-refractivity contribution is -0.122. The summed E-state index contributed by atoms with van der Waals surface area (Å²) in [5.41, 5.74) is 1.12. The predicted octanol–water partition coefficient (Wildman–Crippen LogP) is 3.86. The molecule has 0 saturated carbocycles. The first-order valence-electron chi connectivity index (χ1n) is 7.73. The Morgan fingerprint density at radius 2 is 2.14 bits per heavy atom. The van der Waals surface area contributed by atoms with Crippen LogP contribution in [-0.4, -0.2) is 30.4 Å². The maximum atomic E-state index is 12.0. The fourth-order valence-electron chi connectivity index (χ4n) is 2.34. The summed E-state index contributed by atoms with van der Waals surface area (Å²) in [6, 6.07) is 8.00. The van der Waals surface area contributed by atoms with Gasteiger partial charge in [0.1, 0.15) is 0 Å². The number of nitrogens with zero attached hydrogens (tertiary/aromatic N) is 1. The van der Waals surface area contributed by atoms with E-state index in [0.717, 1.165) is 23.6 Å². The highest BCUT2D eigenvalue weighted by molar-refractivity contribution is 6.30. The third kappa shape index (κ3) is 8.08. The SMILES string of the molecule is CCCCCC(C)NC(=O)CN(C)Cc1cccc(Cl)c1. The molecule has 0 heterocycles. The lowest BCUT2D eigenvalue weighted by Crippen LogP contribution is -2.39. The highest BCUT2D eigenvalue weighted by Gasteiger charge is 2.10. The van der Waals surface area contributed by atoms with Crippen LogP contribution in [0, 0.1) is 0 Å². The second kappa shape index (κ2) is 9.80. The van der Waals surface area contributed by atoms with Crippen molar-refractivity contribution in [1.82, 2.24) is 10.2 Å². The van der Waals surface area contributed by atoms with Crippen LogP contribution < -0.4 is 5.32 Å². The van der Waals surface area contributed by atoms with Crippen LogP contribution in [0.1, 0.15) is 45.1 Å². The van der Waals surface area contributed by atoms with Crippen LogP contribution in [0.3, 0.4) is 0 Å². The minimum absolute atomic E-state index is 0.0866. The van der Waals surface area contributed by atoms with E-state index in [2.05, 4.69) is 19.2 Å². The zero-order chi connectivity index (χ0) is 15.7. The molecule has 0 radical (unpaired) electrons. The number of nitrogens with one attached hydrogen (secondary N) is 1. The van der Waals surface area contributed by atoms with Gasteiger partial charge in [-0.1, -0.05) is 49.9 Å². The van der Waals surface area contributed by atoms with Gasteiger partial charge in [-0.3, -0.25) is 9.69 Å². The van der Waals surface area contributed by atoms with E-state index in [1.54, 1.807) is 0 Å². The average molecular weight is 311 g/mol. The van der Waals surface area contributed by atoms with Gasteiger partial charge in [0.25, 0.3) is 0 Å². The second-order valence-corrected chi connectivity index (χ2v) is 6.20. The molecule has 0 aliphatic heterocycles. The Labute approximate surface area is 133 Å². The van der Waals surface area contributed by atoms with Crippen molar-refractivity contribution in [3.05, 3.63) is 34.9 Å². The molecule has 0 bridgehead atoms. The fourth-order valence-corrected chi connectivity index (χ4v) is 2.55. The number of unbranched alkanes of at least 4 members (excludes halogenated alkanes) is 2. The maximum absolute atomic E-state index is 12.0. The summed E-state index contributed by atoms with van der Waals surface area (Å²) >= 11 is 5.97. The first kappa shape index (κ1) is 18.0. The smallest absolute Gasteiger partial charge is 0.234 e. The van der Waals surface area contributed by atoms with Crippen LogP contribution >= 0.6 is 11.6 Å². The van der Waals surface area contributed by atoms with Gasteiger partial charge in [0.2, 0.25) is 5.91 Å². The molecule has 21 heavy (non-hydrogen) atoms. The molecule has 4 heteroatoms. The van der Waals surface area contributed by atoms with Gasteiger partial charge in [0, 0.05) is 17.6 Å². The van der Waals surface area contributed by atoms with Gasteiger partial charge in [0.15, 0.2) is 0 Å². The maximum Gasteiger partial charge on any atom is 0.234 e. The Bertz CT molecular complexity index is 437. The topological polar surface area (TPSA) is 32.3 Å². The predicted molar refractivity (Wildman–Crippen MR) is 89.5 cm³/mol. The Morgan fingerprint density at radius 1 is 1.38 bits per heavy atom. The number of hydrogen-bond acceptors (Lipinski definition) is 2. The van der Waals surface area contributed by atoms with Gasteiger partial charge in [-0.05, 0) is 38.1 Å². The molecule has 1 amide bonds. The van der Waals surface area contributed by atoms with Crippen molar-refractivity contribution in [3.8, 4) is 0 Å². The molecule has 118 valence electrons. The molecule has 1 aromatic rings. The molecule has 0 fully saturated rings. The quantitative estimate of drug-likeness (QED) is 0.703. The van der Waals surface area contributed by atoms with Gasteiger partial charge in [-0.2, -0.15) is 0 Å². The van der Waals surface area contributed by atoms with Gasteiger partial charge < -0.3 is 5.32 Å². The molecular formula is C17H27ClN2O. The van der Waals surface area contributed by atoms with Crippen molar-refractivity contribution in [1.29, 1.82) is 0 Å². The first-order valence-corrected chi connectivity index (χ1v) is 8.11. The molecule has 0 aromatic heterocycles. The van der Waals surface area contributed by atoms with Gasteiger partial charge in [-0.15, -0.1) is 0 Å². The van der Waals surface area contributed by atoms with Crippen molar-refractivity contribution in [2.24, 2.45) is 0 Å². The summed E-state index contributed by atoms with van der Waals surface area (Å²) in [5.74, 6) is 0.0866. The third-order valence-corrected chi connectivity index (χ3v) is 3.64. The molecule has 1 N–H and O–H groups in total. The third-order valence-electron chi connectivity index (χ3n) is 3.40. The molecule has 0 aliphatic rings. The molecule has 1 atom stereocenters. The van der Waals surface area contributed by atoms with Crippen LogP contribution in [0.2, 0.25) is 5.02 Å². The van der Waals surface area contributed by atoms with E-state index in [9.17, 15) is 4.79 Å². The van der Waals surface area contributed by atoms with E-state index < -0.39 is 0 Å². The lowest BCUT2D eigenvalue weighted by atomic mass is 10.1. The largest absolute Gasteiger partial charge is 0.353 e. The van der Waals surface area contributed by atoms with E-state index in [1.165, 1.54) is 19.3 Å². The molecule has 1 unspecified atom stereocenters. The molecule has 0 aliphatic carbocycles. The van der Waals surface area contributed by atoms with Crippen LogP contribution in [-0.2, 0) is 11.3 Å². The summed E-state index contributed by atoms with van der Waals surface area (Å²) in [6.07, 6.45) is 4.67. The molecule has 3 nitrogen and oxygen atoms in total. The summed E-state index contributed by atoms with van der Waals surface area (Å²) in [4.78, 5) is 14.0. The summed E-state index contributed by atoms with van der Waals surface area (Å²) in [5, 5.41) is 3.79. The van der Waals surface area contributed by atoms with Gasteiger partial charge in [0.05, 0.1) is 6.54 Å². The highest BCUT2D eigenvalue weighted by atomic mass is 35.5. The van der Waals surface area contributed by atoms with Crippen molar-refractivity contribution in [2.75, 3.05) is 13.6 Å². The standard InChI is InChI=1S/C17H27ClN2O/c1-4-5-6-8-14(2)19-17(21)13-20(3)12-15-9-7-10-16(18)11-15/h7,9-11,14H,4-6,8,12-13H2,1-3H3,(H,19,21). The molecule has 1 rings (SSSR count). The van der Waals surface area contributed by atoms with Crippen LogP contribution in [0.4, 0.5) is 0 Å². The summed E-state index contributed by atoms with van der Waals surface area (Å²) in [6.45, 7) is 5.39. The molecular weight excluding hydrogens is 284 g/mol. The zero-order valence-corrected chi connectivity index (χ0v) is 14.1. The van der Waals surface area contributed by atoms with Gasteiger partial charge in [-0.25, -0.2) is 0 Å². The Morgan fingerprint density at radius 3 is 2.81 bits per heavy atom. The van der Waals surface area contributed by atoms with Crippen LogP contribution in [0.15, 0.2) is 24.3 Å². The molecule has 0 saturated heterocycles. The van der Waals surface area contributed by atoms with E-state index >= 15 is 0 Å². The Balaban J connectivity index is 2.30. The number of amides is 1. The first-order chi connectivity index (χ1) is 10.0. The number of carbonyl (C=O) groups is 1. The van der Waals surface area contributed by atoms with E-state index in [0.29, 0.717) is 6.54 Å². The van der Waals surface area contributed by atoms with E-state index in [-0.39, 0.29) is 11.9 Å². The van der Waals surface area contributed by atoms with Gasteiger partial charge >= 0.3 is 0 Å². The van der Waals surface area contributed by atoms with E-state index in [1.807, 2.05) is 36.2 Å². The lowest BCUT2D eigenvalue weighted by Gasteiger charge is -2.19. The number of carbonyl (C=O) groups excluding carboxylic acids is 1. The summed E-state index contributed by atoms with van der Waals surface area (Å²) in [7, 11) is 1.95. The molecule has 0 spiro atoms. The molecule has 1 aromatic carbocycles. The fraction of sp³-hybridized carbons (Fsp3) is 0.588. The zero-order valence-electron chi connectivity index (χ0n) is 13.4. The van der Waals surface area contributed by atoms with E-state index in [4.69, 9.17) is 11.6 Å². The van der Waals surface area contributed by atoms with Crippen molar-refractivity contribution < 1.29 is 4.79 Å². The van der Waals surface area contributed by atoms with Crippen molar-refractivity contribution in [2.45, 2.75) is 52.1 Å². The number of benzene rings is 1. The van der Waals surface area contributed by atoms with Crippen molar-refractivity contribution >= 4 is 17.5 Å². The minimum Gasteiger partial charge on any atom is -0.353 e. The average Bonchev–Trinajstić information content (AvgIpc) is 2.38. The number of hydrogen-bond donors (Lipinski definition) is 1. The summed E-state index contributed by atoms with van der Waals surface area (Å²) < 4.78 is 0. The minimum atomic E-state index is 0.0866. The monoisotopic (exact) mass is 310 g/mol. The normalized spacial score (nSPS) is 12.4. The Kier molecular flexibility index (Phi) is 8.40. The Hall–Kier alpha value is -1.06. The number of halogens is 1. The second-order valence-electron chi connectivity index (χ2n) is 5.77. The van der Waals surface area contributed by atoms with Crippen molar-refractivity contribution in [3.63, 3.8) is 0 Å². The highest BCUT2D eigenvalue weighted by Crippen LogP contribution is 2.12.